The van der Waals surface area contributed by atoms with E-state index in [1.54, 1.807) is 0 Å². The zero-order valence-electron chi connectivity index (χ0n) is 6.49. The van der Waals surface area contributed by atoms with Gasteiger partial charge in [-0.15, -0.1) is 0 Å². The average Bonchev–Trinajstić information content (AvgIpc) is 2.47. The monoisotopic (exact) mass is 152 g/mol. The fourth-order valence-electron chi connectivity index (χ4n) is 1.90. The van der Waals surface area contributed by atoms with Crippen LogP contribution in [0.25, 0.3) is 0 Å². The van der Waals surface area contributed by atoms with Crippen LogP contribution in [0.5, 0.6) is 0 Å². The van der Waals surface area contributed by atoms with Crippen molar-refractivity contribution in [3.8, 4) is 6.07 Å². The molecule has 2 heterocycles. The third-order valence-electron chi connectivity index (χ3n) is 2.55. The average molecular weight is 152 g/mol. The number of rotatable bonds is 0. The Bertz CT molecular complexity index is 187. The second-order valence-electron chi connectivity index (χ2n) is 3.24. The maximum Gasteiger partial charge on any atom is 0.0895 e. The van der Waals surface area contributed by atoms with Gasteiger partial charge in [-0.05, 0) is 12.8 Å². The molecule has 2 saturated heterocycles. The van der Waals surface area contributed by atoms with Crippen LogP contribution in [0.15, 0.2) is 0 Å². The normalized spacial score (nSPS) is 38.1. The Morgan fingerprint density at radius 2 is 2.36 bits per heavy atom. The summed E-state index contributed by atoms with van der Waals surface area (Å²) in [6.07, 6.45) is 3.61. The zero-order chi connectivity index (χ0) is 7.68. The molecule has 0 radical (unpaired) electrons. The molecule has 0 aromatic heterocycles. The molecule has 2 rings (SSSR count). The van der Waals surface area contributed by atoms with Crippen LogP contribution < -0.4 is 0 Å². The highest BCUT2D eigenvalue weighted by Gasteiger charge is 2.36. The van der Waals surface area contributed by atoms with Crippen LogP contribution in [0.1, 0.15) is 19.3 Å². The van der Waals surface area contributed by atoms with E-state index in [0.29, 0.717) is 12.6 Å². The quantitative estimate of drug-likeness (QED) is 0.518. The molecule has 0 N–H and O–H groups in total. The molecule has 11 heavy (non-hydrogen) atoms. The van der Waals surface area contributed by atoms with Crippen LogP contribution in [-0.2, 0) is 4.84 Å². The van der Waals surface area contributed by atoms with Gasteiger partial charge >= 0.3 is 0 Å². The summed E-state index contributed by atoms with van der Waals surface area (Å²) in [4.78, 5) is 5.37. The molecule has 0 spiro atoms. The maximum atomic E-state index is 8.75. The number of nitriles is 1. The van der Waals surface area contributed by atoms with Crippen LogP contribution in [0, 0.1) is 17.2 Å². The van der Waals surface area contributed by atoms with Gasteiger partial charge in [-0.25, -0.2) is 0 Å². The molecule has 0 aromatic carbocycles. The summed E-state index contributed by atoms with van der Waals surface area (Å²) in [5, 5.41) is 10.7. The van der Waals surface area contributed by atoms with E-state index in [1.807, 2.05) is 5.06 Å². The van der Waals surface area contributed by atoms with Crippen LogP contribution >= 0.6 is 0 Å². The standard InChI is InChI=1S/C8H12N2O/c9-5-7-6-11-10-4-2-1-3-8(7)10/h7-8H,1-4,6H2/t7-,8-/m0/s1. The molecule has 2 aliphatic heterocycles. The molecule has 2 fully saturated rings. The van der Waals surface area contributed by atoms with Crippen molar-refractivity contribution >= 4 is 0 Å². The smallest absolute Gasteiger partial charge is 0.0895 e. The summed E-state index contributed by atoms with van der Waals surface area (Å²) in [6.45, 7) is 1.63. The number of hydrogen-bond donors (Lipinski definition) is 0. The first-order valence-electron chi connectivity index (χ1n) is 4.21. The topological polar surface area (TPSA) is 36.3 Å². The fourth-order valence-corrected chi connectivity index (χ4v) is 1.90. The summed E-state index contributed by atoms with van der Waals surface area (Å²) >= 11 is 0. The van der Waals surface area contributed by atoms with E-state index in [9.17, 15) is 0 Å². The first kappa shape index (κ1) is 7.08. The summed E-state index contributed by atoms with van der Waals surface area (Å²) < 4.78 is 0. The SMILES string of the molecule is N#C[C@H]1CON2CCCC[C@@H]12. The molecule has 0 aromatic rings. The van der Waals surface area contributed by atoms with E-state index in [-0.39, 0.29) is 5.92 Å². The summed E-state index contributed by atoms with van der Waals surface area (Å²) in [5.74, 6) is 0.121. The van der Waals surface area contributed by atoms with Crippen LogP contribution in [-0.4, -0.2) is 24.3 Å². The minimum absolute atomic E-state index is 0.121. The number of fused-ring (bicyclic) bond motifs is 1. The Hall–Kier alpha value is -0.590. The molecule has 0 unspecified atom stereocenters. The minimum Gasteiger partial charge on any atom is -0.297 e. The van der Waals surface area contributed by atoms with Crippen molar-refractivity contribution in [2.24, 2.45) is 5.92 Å². The predicted octanol–water partition coefficient (Wildman–Crippen LogP) is 0.926. The van der Waals surface area contributed by atoms with Gasteiger partial charge in [0, 0.05) is 6.54 Å². The highest BCUT2D eigenvalue weighted by Crippen LogP contribution is 2.28. The Morgan fingerprint density at radius 3 is 3.18 bits per heavy atom. The molecule has 2 atom stereocenters. The van der Waals surface area contributed by atoms with Crippen molar-refractivity contribution in [2.45, 2.75) is 25.3 Å². The molecule has 0 bridgehead atoms. The molecule has 3 nitrogen and oxygen atoms in total. The van der Waals surface area contributed by atoms with Crippen molar-refractivity contribution in [3.05, 3.63) is 0 Å². The molecule has 0 saturated carbocycles. The first-order valence-corrected chi connectivity index (χ1v) is 4.21. The molecule has 3 heteroatoms. The van der Waals surface area contributed by atoms with Gasteiger partial charge in [-0.3, -0.25) is 4.84 Å². The molecule has 60 valence electrons. The Morgan fingerprint density at radius 1 is 1.45 bits per heavy atom. The lowest BCUT2D eigenvalue weighted by atomic mass is 9.95. The molecule has 0 amide bonds. The first-order chi connectivity index (χ1) is 5.42. The lowest BCUT2D eigenvalue weighted by molar-refractivity contribution is -0.142. The van der Waals surface area contributed by atoms with Crippen LogP contribution in [0.3, 0.4) is 0 Å². The summed E-state index contributed by atoms with van der Waals surface area (Å²) in [5.41, 5.74) is 0. The summed E-state index contributed by atoms with van der Waals surface area (Å²) in [6, 6.07) is 2.69. The number of nitrogens with zero attached hydrogens (tertiary/aromatic N) is 2. The van der Waals surface area contributed by atoms with E-state index in [2.05, 4.69) is 6.07 Å². The summed E-state index contributed by atoms with van der Waals surface area (Å²) in [7, 11) is 0. The highest BCUT2D eigenvalue weighted by molar-refractivity contribution is 4.95. The van der Waals surface area contributed by atoms with Crippen LogP contribution in [0.4, 0.5) is 0 Å². The molecule has 2 aliphatic rings. The second kappa shape index (κ2) is 2.80. The second-order valence-corrected chi connectivity index (χ2v) is 3.24. The van der Waals surface area contributed by atoms with Crippen molar-refractivity contribution in [1.29, 1.82) is 5.26 Å². The lowest BCUT2D eigenvalue weighted by Crippen LogP contribution is -2.35. The van der Waals surface area contributed by atoms with Crippen LogP contribution in [0.2, 0.25) is 0 Å². The Balaban J connectivity index is 2.05. The van der Waals surface area contributed by atoms with Gasteiger partial charge in [0.05, 0.1) is 24.6 Å². The number of piperidine rings is 1. The minimum atomic E-state index is 0.121. The predicted molar refractivity (Wildman–Crippen MR) is 39.4 cm³/mol. The van der Waals surface area contributed by atoms with Gasteiger partial charge in [0.25, 0.3) is 0 Å². The Kier molecular flexibility index (Phi) is 1.80. The fraction of sp³-hybridized carbons (Fsp3) is 0.875. The van der Waals surface area contributed by atoms with E-state index in [0.717, 1.165) is 13.0 Å². The Labute approximate surface area is 66.5 Å². The van der Waals surface area contributed by atoms with E-state index in [1.165, 1.54) is 12.8 Å². The van der Waals surface area contributed by atoms with E-state index in [4.69, 9.17) is 10.1 Å². The molecular formula is C8H12N2O. The zero-order valence-corrected chi connectivity index (χ0v) is 6.49. The maximum absolute atomic E-state index is 8.75. The largest absolute Gasteiger partial charge is 0.297 e. The van der Waals surface area contributed by atoms with Gasteiger partial charge in [0.15, 0.2) is 0 Å². The van der Waals surface area contributed by atoms with Gasteiger partial charge in [0.1, 0.15) is 0 Å². The van der Waals surface area contributed by atoms with Gasteiger partial charge in [-0.1, -0.05) is 6.42 Å². The number of hydrogen-bond acceptors (Lipinski definition) is 3. The highest BCUT2D eigenvalue weighted by atomic mass is 16.7. The lowest BCUT2D eigenvalue weighted by Gasteiger charge is -2.27. The number of hydroxylamine groups is 2. The van der Waals surface area contributed by atoms with Crippen molar-refractivity contribution in [2.75, 3.05) is 13.2 Å². The van der Waals surface area contributed by atoms with Crippen molar-refractivity contribution < 1.29 is 4.84 Å². The van der Waals surface area contributed by atoms with E-state index < -0.39 is 0 Å². The molecular weight excluding hydrogens is 140 g/mol. The van der Waals surface area contributed by atoms with Gasteiger partial charge < -0.3 is 0 Å². The van der Waals surface area contributed by atoms with Crippen molar-refractivity contribution in [1.82, 2.24) is 5.06 Å². The third-order valence-corrected chi connectivity index (χ3v) is 2.55. The van der Waals surface area contributed by atoms with Gasteiger partial charge in [-0.2, -0.15) is 10.3 Å². The third kappa shape index (κ3) is 1.13. The van der Waals surface area contributed by atoms with E-state index >= 15 is 0 Å². The molecule has 0 aliphatic carbocycles. The van der Waals surface area contributed by atoms with Gasteiger partial charge in [0.2, 0.25) is 0 Å². The van der Waals surface area contributed by atoms with Crippen molar-refractivity contribution in [3.63, 3.8) is 0 Å².